The Morgan fingerprint density at radius 3 is 2.78 bits per heavy atom. The van der Waals surface area contributed by atoms with Crippen LogP contribution in [0.5, 0.6) is 0 Å². The molecule has 0 aliphatic carbocycles. The highest BCUT2D eigenvalue weighted by Crippen LogP contribution is 2.26. The predicted molar refractivity (Wildman–Crippen MR) is 68.6 cm³/mol. The fraction of sp³-hybridized carbons (Fsp3) is 0.615. The van der Waals surface area contributed by atoms with Crippen molar-refractivity contribution in [1.82, 2.24) is 4.98 Å². The summed E-state index contributed by atoms with van der Waals surface area (Å²) in [6.07, 6.45) is 1.67. The molecule has 2 heterocycles. The Balaban J connectivity index is 2.17. The number of methoxy groups -OCH3 is 3. The summed E-state index contributed by atoms with van der Waals surface area (Å²) in [6, 6.07) is 4.36. The van der Waals surface area contributed by atoms with Gasteiger partial charge in [-0.15, -0.1) is 0 Å². The molecule has 0 aromatic carbocycles. The van der Waals surface area contributed by atoms with Crippen molar-refractivity contribution >= 4 is 5.82 Å². The lowest BCUT2D eigenvalue weighted by atomic mass is 10.0. The van der Waals surface area contributed by atoms with Gasteiger partial charge in [-0.05, 0) is 24.5 Å². The maximum atomic E-state index is 5.21. The van der Waals surface area contributed by atoms with E-state index in [0.29, 0.717) is 12.6 Å². The molecule has 5 heteroatoms. The third kappa shape index (κ3) is 2.80. The van der Waals surface area contributed by atoms with Gasteiger partial charge in [0.1, 0.15) is 5.82 Å². The quantitative estimate of drug-likeness (QED) is 0.809. The van der Waals surface area contributed by atoms with Crippen LogP contribution in [-0.2, 0) is 20.6 Å². The second kappa shape index (κ2) is 6.13. The number of anilines is 1. The van der Waals surface area contributed by atoms with E-state index in [-0.39, 0.29) is 0 Å². The van der Waals surface area contributed by atoms with E-state index in [1.807, 2.05) is 6.07 Å². The zero-order valence-corrected chi connectivity index (χ0v) is 11.1. The summed E-state index contributed by atoms with van der Waals surface area (Å²) in [5.74, 6) is 0.917. The van der Waals surface area contributed by atoms with Gasteiger partial charge in [0.25, 0.3) is 0 Å². The zero-order valence-electron chi connectivity index (χ0n) is 11.1. The summed E-state index contributed by atoms with van der Waals surface area (Å²) >= 11 is 0. The van der Waals surface area contributed by atoms with E-state index in [1.54, 1.807) is 21.3 Å². The van der Waals surface area contributed by atoms with Crippen LogP contribution in [0.25, 0.3) is 0 Å². The number of nitrogens with zero attached hydrogens (tertiary/aromatic N) is 1. The maximum absolute atomic E-state index is 5.21. The van der Waals surface area contributed by atoms with Crippen LogP contribution in [0.15, 0.2) is 12.1 Å². The molecule has 2 rings (SSSR count). The van der Waals surface area contributed by atoms with Gasteiger partial charge in [-0.1, -0.05) is 6.07 Å². The summed E-state index contributed by atoms with van der Waals surface area (Å²) in [4.78, 5) is 4.57. The molecule has 1 N–H and O–H groups in total. The molecule has 0 amide bonds. The van der Waals surface area contributed by atoms with Crippen LogP contribution >= 0.6 is 0 Å². The minimum Gasteiger partial charge on any atom is -0.383 e. The highest BCUT2D eigenvalue weighted by Gasteiger charge is 2.20. The van der Waals surface area contributed by atoms with Crippen LogP contribution < -0.4 is 5.32 Å². The van der Waals surface area contributed by atoms with Crippen molar-refractivity contribution in [2.75, 3.05) is 33.3 Å². The minimum atomic E-state index is -0.417. The highest BCUT2D eigenvalue weighted by atomic mass is 16.7. The number of nitrogens with one attached hydrogen (secondary N) is 1. The average molecular weight is 252 g/mol. The lowest BCUT2D eigenvalue weighted by molar-refractivity contribution is -0.108. The topological polar surface area (TPSA) is 52.6 Å². The Bertz CT molecular complexity index is 394. The van der Waals surface area contributed by atoms with Crippen LogP contribution in [0.3, 0.4) is 0 Å². The first-order chi connectivity index (χ1) is 8.78. The van der Waals surface area contributed by atoms with Crippen molar-refractivity contribution in [2.45, 2.75) is 25.2 Å². The normalized spacial score (nSPS) is 18.6. The van der Waals surface area contributed by atoms with Crippen LogP contribution in [0.1, 0.15) is 24.0 Å². The molecule has 0 bridgehead atoms. The molecule has 18 heavy (non-hydrogen) atoms. The molecule has 0 spiro atoms. The third-order valence-electron chi connectivity index (χ3n) is 3.14. The van der Waals surface area contributed by atoms with Crippen molar-refractivity contribution in [1.29, 1.82) is 0 Å². The van der Waals surface area contributed by atoms with E-state index in [1.165, 1.54) is 5.56 Å². The molecular formula is C13H20N2O3. The number of ether oxygens (including phenoxy) is 3. The first kappa shape index (κ1) is 13.3. The van der Waals surface area contributed by atoms with Crippen molar-refractivity contribution in [3.05, 3.63) is 23.4 Å². The highest BCUT2D eigenvalue weighted by molar-refractivity contribution is 5.48. The number of aryl methyl sites for hydroxylation is 1. The van der Waals surface area contributed by atoms with Gasteiger partial charge >= 0.3 is 0 Å². The standard InChI is InChI=1S/C13H20N2O3/c1-16-8-10-6-4-9-5-7-11(13(17-2)18-3)15-12(9)14-10/h5,7,10,13H,4,6,8H2,1-3H3,(H,14,15)/t10-/m1/s1. The molecule has 100 valence electrons. The van der Waals surface area contributed by atoms with Gasteiger partial charge in [0.05, 0.1) is 18.3 Å². The van der Waals surface area contributed by atoms with E-state index in [0.717, 1.165) is 24.4 Å². The van der Waals surface area contributed by atoms with Crippen molar-refractivity contribution in [2.24, 2.45) is 0 Å². The van der Waals surface area contributed by atoms with Crippen molar-refractivity contribution < 1.29 is 14.2 Å². The molecule has 1 aromatic heterocycles. The van der Waals surface area contributed by atoms with E-state index in [4.69, 9.17) is 14.2 Å². The molecule has 0 saturated heterocycles. The number of hydrogen-bond donors (Lipinski definition) is 1. The number of aromatic nitrogens is 1. The summed E-state index contributed by atoms with van der Waals surface area (Å²) in [7, 11) is 4.93. The smallest absolute Gasteiger partial charge is 0.200 e. The van der Waals surface area contributed by atoms with E-state index < -0.39 is 6.29 Å². The fourth-order valence-corrected chi connectivity index (χ4v) is 2.22. The molecular weight excluding hydrogens is 232 g/mol. The molecule has 1 aliphatic rings. The number of fused-ring (bicyclic) bond motifs is 1. The largest absolute Gasteiger partial charge is 0.383 e. The molecule has 0 unspecified atom stereocenters. The number of pyridine rings is 1. The van der Waals surface area contributed by atoms with Crippen LogP contribution in [0.2, 0.25) is 0 Å². The molecule has 1 atom stereocenters. The average Bonchev–Trinajstić information content (AvgIpc) is 2.40. The van der Waals surface area contributed by atoms with E-state index in [9.17, 15) is 0 Å². The molecule has 0 radical (unpaired) electrons. The van der Waals surface area contributed by atoms with Gasteiger partial charge < -0.3 is 19.5 Å². The Morgan fingerprint density at radius 1 is 1.33 bits per heavy atom. The molecule has 5 nitrogen and oxygen atoms in total. The SMILES string of the molecule is COC[C@H]1CCc2ccc(C(OC)OC)nc2N1. The van der Waals surface area contributed by atoms with Gasteiger partial charge in [0.2, 0.25) is 6.29 Å². The minimum absolute atomic E-state index is 0.328. The van der Waals surface area contributed by atoms with Gasteiger partial charge in [0, 0.05) is 21.3 Å². The molecule has 1 aromatic rings. The second-order valence-corrected chi connectivity index (χ2v) is 4.38. The summed E-state index contributed by atoms with van der Waals surface area (Å²) in [5, 5.41) is 3.39. The monoisotopic (exact) mass is 252 g/mol. The summed E-state index contributed by atoms with van der Waals surface area (Å²) in [5.41, 5.74) is 2.02. The van der Waals surface area contributed by atoms with Crippen molar-refractivity contribution in [3.63, 3.8) is 0 Å². The fourth-order valence-electron chi connectivity index (χ4n) is 2.22. The van der Waals surface area contributed by atoms with Crippen LogP contribution in [-0.4, -0.2) is 39.0 Å². The molecule has 1 aliphatic heterocycles. The first-order valence-corrected chi connectivity index (χ1v) is 6.09. The van der Waals surface area contributed by atoms with E-state index in [2.05, 4.69) is 16.4 Å². The van der Waals surface area contributed by atoms with Crippen LogP contribution in [0.4, 0.5) is 5.82 Å². The van der Waals surface area contributed by atoms with Gasteiger partial charge in [0.15, 0.2) is 0 Å². The molecule has 0 fully saturated rings. The Hall–Kier alpha value is -1.17. The third-order valence-corrected chi connectivity index (χ3v) is 3.14. The lowest BCUT2D eigenvalue weighted by Gasteiger charge is -2.26. The van der Waals surface area contributed by atoms with Gasteiger partial charge in [-0.2, -0.15) is 0 Å². The Labute approximate surface area is 107 Å². The number of rotatable bonds is 5. The van der Waals surface area contributed by atoms with Gasteiger partial charge in [-0.25, -0.2) is 4.98 Å². The first-order valence-electron chi connectivity index (χ1n) is 6.09. The Kier molecular flexibility index (Phi) is 4.52. The van der Waals surface area contributed by atoms with Gasteiger partial charge in [-0.3, -0.25) is 0 Å². The Morgan fingerprint density at radius 2 is 2.11 bits per heavy atom. The summed E-state index contributed by atoms with van der Waals surface area (Å²) < 4.78 is 15.6. The number of hydrogen-bond acceptors (Lipinski definition) is 5. The zero-order chi connectivity index (χ0) is 13.0. The second-order valence-electron chi connectivity index (χ2n) is 4.38. The lowest BCUT2D eigenvalue weighted by Crippen LogP contribution is -2.30. The molecule has 0 saturated carbocycles. The predicted octanol–water partition coefficient (Wildman–Crippen LogP) is 1.75. The summed E-state index contributed by atoms with van der Waals surface area (Å²) in [6.45, 7) is 0.698. The van der Waals surface area contributed by atoms with Crippen LogP contribution in [0, 0.1) is 0 Å². The van der Waals surface area contributed by atoms with E-state index >= 15 is 0 Å². The maximum Gasteiger partial charge on any atom is 0.200 e. The van der Waals surface area contributed by atoms with Crippen molar-refractivity contribution in [3.8, 4) is 0 Å².